The smallest absolute Gasteiger partial charge is 0.460 e. The molecule has 0 saturated carbocycles. The van der Waals surface area contributed by atoms with Gasteiger partial charge in [0.05, 0.1) is 6.61 Å². The Morgan fingerprint density at radius 3 is 2.50 bits per heavy atom. The summed E-state index contributed by atoms with van der Waals surface area (Å²) in [5.41, 5.74) is 0. The Bertz CT molecular complexity index is 129. The van der Waals surface area contributed by atoms with Gasteiger partial charge in [-0.2, -0.15) is 0 Å². The van der Waals surface area contributed by atoms with E-state index in [4.69, 9.17) is 8.53 Å². The van der Waals surface area contributed by atoms with Crippen molar-refractivity contribution in [3.8, 4) is 0 Å². The first-order valence-corrected chi connectivity index (χ1v) is 8.16. The first-order chi connectivity index (χ1) is 6.86. The van der Waals surface area contributed by atoms with E-state index in [0.29, 0.717) is 5.92 Å². The Kier molecular flexibility index (Phi) is 6.89. The predicted molar refractivity (Wildman–Crippen MR) is 60.8 cm³/mol. The molecule has 14 heavy (non-hydrogen) atoms. The lowest BCUT2D eigenvalue weighted by atomic mass is 10.1. The molecule has 2 nitrogen and oxygen atoms in total. The van der Waals surface area contributed by atoms with E-state index in [1.165, 1.54) is 29.8 Å². The van der Waals surface area contributed by atoms with E-state index >= 15 is 0 Å². The van der Waals surface area contributed by atoms with E-state index < -0.39 is 14.5 Å². The fourth-order valence-corrected chi connectivity index (χ4v) is 4.40. The maximum atomic E-state index is 6.07. The lowest BCUT2D eigenvalue weighted by Crippen LogP contribution is -2.22. The Morgan fingerprint density at radius 1 is 1.29 bits per heavy atom. The van der Waals surface area contributed by atoms with Crippen LogP contribution in [0.1, 0.15) is 33.1 Å². The van der Waals surface area contributed by atoms with Gasteiger partial charge in [0.25, 0.3) is 0 Å². The van der Waals surface area contributed by atoms with Gasteiger partial charge in [0.2, 0.25) is 0 Å². The monoisotopic (exact) mass is 214 g/mol. The molecule has 1 saturated heterocycles. The minimum atomic E-state index is -0.846. The zero-order chi connectivity index (χ0) is 10.2. The van der Waals surface area contributed by atoms with Gasteiger partial charge in [-0.05, 0) is 6.42 Å². The summed E-state index contributed by atoms with van der Waals surface area (Å²) >= 11 is -0.846. The molecule has 0 N–H and O–H groups in total. The van der Waals surface area contributed by atoms with Crippen molar-refractivity contribution in [2.24, 2.45) is 5.92 Å². The first-order valence-electron chi connectivity index (χ1n) is 6.06. The third kappa shape index (κ3) is 4.80. The van der Waals surface area contributed by atoms with E-state index in [1.54, 1.807) is 0 Å². The Hall–Kier alpha value is 0.452. The quantitative estimate of drug-likeness (QED) is 0.607. The third-order valence-corrected chi connectivity index (χ3v) is 5.92. The molecule has 1 aliphatic rings. The summed E-state index contributed by atoms with van der Waals surface area (Å²) in [7, 11) is 0. The number of ether oxygens (including phenoxy) is 1. The van der Waals surface area contributed by atoms with E-state index in [9.17, 15) is 0 Å². The van der Waals surface area contributed by atoms with Gasteiger partial charge < -0.3 is 8.53 Å². The van der Waals surface area contributed by atoms with Gasteiger partial charge in [-0.3, -0.25) is 0 Å². The zero-order valence-corrected chi connectivity index (χ0v) is 10.8. The van der Waals surface area contributed by atoms with Gasteiger partial charge in [0, 0.05) is 19.1 Å². The van der Waals surface area contributed by atoms with Crippen LogP contribution in [0.3, 0.4) is 0 Å². The molecule has 0 aromatic rings. The van der Waals surface area contributed by atoms with Crippen molar-refractivity contribution in [1.29, 1.82) is 0 Å². The molecule has 0 radical (unpaired) electrons. The fourth-order valence-electron chi connectivity index (χ4n) is 1.94. The number of hydrogen-bond donors (Lipinski definition) is 0. The zero-order valence-electron chi connectivity index (χ0n) is 9.63. The van der Waals surface area contributed by atoms with Crippen LogP contribution < -0.4 is 0 Å². The minimum absolute atomic E-state index is 0.693. The summed E-state index contributed by atoms with van der Waals surface area (Å²) in [5, 5.41) is 2.70. The number of hydrogen-bond acceptors (Lipinski definition) is 2. The van der Waals surface area contributed by atoms with Crippen LogP contribution in [0, 0.1) is 5.92 Å². The summed E-state index contributed by atoms with van der Waals surface area (Å²) in [5.74, 6) is 0.693. The van der Waals surface area contributed by atoms with Gasteiger partial charge in [0.1, 0.15) is 0 Å². The normalized spacial score (nSPS) is 21.4. The SMILES string of the molecule is CC[CH2][Al]([CH2]CC)[O]CC1CCOC1. The van der Waals surface area contributed by atoms with Crippen LogP contribution >= 0.6 is 0 Å². The predicted octanol–water partition coefficient (Wildman–Crippen LogP) is 2.85. The van der Waals surface area contributed by atoms with Gasteiger partial charge in [-0.15, -0.1) is 0 Å². The molecule has 1 aliphatic heterocycles. The molecular weight excluding hydrogens is 191 g/mol. The van der Waals surface area contributed by atoms with Crippen LogP contribution in [0.15, 0.2) is 0 Å². The lowest BCUT2D eigenvalue weighted by molar-refractivity contribution is 0.166. The molecule has 0 bridgehead atoms. The molecule has 1 heterocycles. The summed E-state index contributed by atoms with van der Waals surface area (Å²) in [6.07, 6.45) is 3.79. The van der Waals surface area contributed by atoms with Crippen LogP contribution in [-0.2, 0) is 8.53 Å². The van der Waals surface area contributed by atoms with E-state index in [1.807, 2.05) is 0 Å². The standard InChI is InChI=1S/C5H9O2.2C3H7.Al/c6-3-5-1-2-7-4-5;2*1-3-2;/h5H,1-4H2;2*1,3H2,2H3;/q-1;;;+1. The molecule has 1 rings (SSSR count). The van der Waals surface area contributed by atoms with Crippen molar-refractivity contribution in [3.63, 3.8) is 0 Å². The lowest BCUT2D eigenvalue weighted by Gasteiger charge is -2.14. The maximum Gasteiger partial charge on any atom is 0.460 e. The third-order valence-electron chi connectivity index (χ3n) is 2.81. The van der Waals surface area contributed by atoms with Crippen molar-refractivity contribution in [3.05, 3.63) is 0 Å². The van der Waals surface area contributed by atoms with Crippen LogP contribution in [0.5, 0.6) is 0 Å². The largest absolute Gasteiger partial charge is 0.500 e. The molecule has 0 aromatic heterocycles. The highest BCUT2D eigenvalue weighted by Crippen LogP contribution is 2.15. The highest BCUT2D eigenvalue weighted by molar-refractivity contribution is 6.51. The number of rotatable bonds is 7. The van der Waals surface area contributed by atoms with Gasteiger partial charge in [-0.1, -0.05) is 37.3 Å². The summed E-state index contributed by atoms with van der Waals surface area (Å²) in [6, 6.07) is 0. The van der Waals surface area contributed by atoms with Crippen LogP contribution in [0.4, 0.5) is 0 Å². The second-order valence-corrected chi connectivity index (χ2v) is 6.99. The van der Waals surface area contributed by atoms with E-state index in [2.05, 4.69) is 13.8 Å². The molecule has 82 valence electrons. The topological polar surface area (TPSA) is 18.5 Å². The van der Waals surface area contributed by atoms with Crippen molar-refractivity contribution in [1.82, 2.24) is 0 Å². The maximum absolute atomic E-state index is 6.07. The first kappa shape index (κ1) is 12.5. The molecule has 1 fully saturated rings. The van der Waals surface area contributed by atoms with Gasteiger partial charge in [0.15, 0.2) is 0 Å². The van der Waals surface area contributed by atoms with Crippen molar-refractivity contribution in [2.45, 2.75) is 43.7 Å². The molecule has 3 heteroatoms. The average molecular weight is 214 g/mol. The highest BCUT2D eigenvalue weighted by atomic mass is 27.2. The summed E-state index contributed by atoms with van der Waals surface area (Å²) < 4.78 is 11.4. The van der Waals surface area contributed by atoms with Crippen molar-refractivity contribution >= 4 is 14.5 Å². The molecule has 0 aromatic carbocycles. The Labute approximate surface area is 92.7 Å². The molecular formula is C11H23AlO2. The van der Waals surface area contributed by atoms with Gasteiger partial charge >= 0.3 is 14.5 Å². The second kappa shape index (κ2) is 7.71. The fraction of sp³-hybridized carbons (Fsp3) is 1.00. The minimum Gasteiger partial charge on any atom is -0.500 e. The summed E-state index contributed by atoms with van der Waals surface area (Å²) in [6.45, 7) is 7.37. The Balaban J connectivity index is 2.10. The van der Waals surface area contributed by atoms with Crippen LogP contribution in [0.25, 0.3) is 0 Å². The Morgan fingerprint density at radius 2 is 2.00 bits per heavy atom. The molecule has 1 unspecified atom stereocenters. The molecule has 0 amide bonds. The van der Waals surface area contributed by atoms with Gasteiger partial charge in [-0.25, -0.2) is 0 Å². The van der Waals surface area contributed by atoms with Crippen LogP contribution in [0.2, 0.25) is 10.6 Å². The van der Waals surface area contributed by atoms with Crippen molar-refractivity contribution < 1.29 is 8.53 Å². The molecule has 1 atom stereocenters. The van der Waals surface area contributed by atoms with Crippen molar-refractivity contribution in [2.75, 3.05) is 19.8 Å². The average Bonchev–Trinajstić information content (AvgIpc) is 2.67. The second-order valence-electron chi connectivity index (χ2n) is 4.26. The molecule has 0 aliphatic carbocycles. The summed E-state index contributed by atoms with van der Waals surface area (Å²) in [4.78, 5) is 0. The highest BCUT2D eigenvalue weighted by Gasteiger charge is 2.22. The van der Waals surface area contributed by atoms with Crippen LogP contribution in [-0.4, -0.2) is 34.3 Å². The van der Waals surface area contributed by atoms with E-state index in [-0.39, 0.29) is 0 Å². The molecule has 0 spiro atoms. The van der Waals surface area contributed by atoms with E-state index in [0.717, 1.165) is 19.8 Å².